The van der Waals surface area contributed by atoms with Crippen molar-refractivity contribution >= 4 is 17.9 Å². The molecule has 0 fully saturated rings. The van der Waals surface area contributed by atoms with Crippen molar-refractivity contribution in [3.05, 3.63) is 109 Å². The summed E-state index contributed by atoms with van der Waals surface area (Å²) in [5.41, 5.74) is 0. The average Bonchev–Trinajstić information content (AvgIpc) is 3.34. The molecule has 68 heavy (non-hydrogen) atoms. The fourth-order valence-electron chi connectivity index (χ4n) is 7.38. The van der Waals surface area contributed by atoms with Crippen LogP contribution >= 0.6 is 0 Å². The van der Waals surface area contributed by atoms with E-state index in [2.05, 4.69) is 130 Å². The van der Waals surface area contributed by atoms with E-state index in [0.29, 0.717) is 12.8 Å². The molecule has 6 heteroatoms. The van der Waals surface area contributed by atoms with Crippen molar-refractivity contribution in [1.82, 2.24) is 0 Å². The summed E-state index contributed by atoms with van der Waals surface area (Å²) in [5, 5.41) is 0. The zero-order chi connectivity index (χ0) is 49.3. The normalized spacial score (nSPS) is 12.9. The van der Waals surface area contributed by atoms with Crippen molar-refractivity contribution in [1.29, 1.82) is 0 Å². The van der Waals surface area contributed by atoms with Gasteiger partial charge in [0.15, 0.2) is 6.10 Å². The van der Waals surface area contributed by atoms with Crippen molar-refractivity contribution in [3.63, 3.8) is 0 Å². The van der Waals surface area contributed by atoms with Gasteiger partial charge in [0.05, 0.1) is 0 Å². The lowest BCUT2D eigenvalue weighted by Crippen LogP contribution is -2.30. The van der Waals surface area contributed by atoms with E-state index in [1.54, 1.807) is 0 Å². The molecule has 0 heterocycles. The predicted molar refractivity (Wildman–Crippen MR) is 293 cm³/mol. The number of rotatable bonds is 49. The lowest BCUT2D eigenvalue weighted by atomic mass is 10.1. The average molecular weight is 943 g/mol. The van der Waals surface area contributed by atoms with Gasteiger partial charge in [0.2, 0.25) is 0 Å². The number of unbranched alkanes of at least 4 members (excludes halogenated alkanes) is 21. The maximum atomic E-state index is 12.8. The molecule has 0 saturated carbocycles. The summed E-state index contributed by atoms with van der Waals surface area (Å²) in [6.45, 7) is 6.34. The van der Waals surface area contributed by atoms with Crippen molar-refractivity contribution in [2.24, 2.45) is 0 Å². The molecular weight excluding hydrogens is 841 g/mol. The molecule has 0 aliphatic carbocycles. The van der Waals surface area contributed by atoms with Crippen molar-refractivity contribution in [2.75, 3.05) is 13.2 Å². The number of allylic oxidation sites excluding steroid dienone is 18. The SMILES string of the molecule is CC/C=C\C/C=C\C/C=C\C/C=C\CCCCCC(=O)OC(COC(=O)CCCCCCCC/C=C\C=C/CCCCC)COC(=O)CCCCCCCCCCC/C=C\C/C=C\C/C=C\CC. The van der Waals surface area contributed by atoms with Crippen LogP contribution in [0.1, 0.15) is 245 Å². The van der Waals surface area contributed by atoms with Crippen LogP contribution in [0, 0.1) is 0 Å². The van der Waals surface area contributed by atoms with E-state index in [-0.39, 0.29) is 37.5 Å². The lowest BCUT2D eigenvalue weighted by molar-refractivity contribution is -0.167. The summed E-state index contributed by atoms with van der Waals surface area (Å²) < 4.78 is 16.8. The number of carbonyl (C=O) groups is 3. The highest BCUT2D eigenvalue weighted by atomic mass is 16.6. The highest BCUT2D eigenvalue weighted by Crippen LogP contribution is 2.14. The van der Waals surface area contributed by atoms with Crippen LogP contribution in [0.5, 0.6) is 0 Å². The number of hydrogen-bond donors (Lipinski definition) is 0. The Kier molecular flexibility index (Phi) is 52.4. The summed E-state index contributed by atoms with van der Waals surface area (Å²) in [6.07, 6.45) is 75.0. The van der Waals surface area contributed by atoms with E-state index in [0.717, 1.165) is 116 Å². The van der Waals surface area contributed by atoms with Gasteiger partial charge in [0.1, 0.15) is 13.2 Å². The summed E-state index contributed by atoms with van der Waals surface area (Å²) in [5.74, 6) is -0.948. The molecule has 0 aromatic rings. The largest absolute Gasteiger partial charge is 0.462 e. The molecule has 0 N–H and O–H groups in total. The number of hydrogen-bond acceptors (Lipinski definition) is 6. The van der Waals surface area contributed by atoms with Gasteiger partial charge >= 0.3 is 17.9 Å². The van der Waals surface area contributed by atoms with Gasteiger partial charge in [-0.2, -0.15) is 0 Å². The van der Waals surface area contributed by atoms with Gasteiger partial charge in [0, 0.05) is 19.3 Å². The van der Waals surface area contributed by atoms with Gasteiger partial charge < -0.3 is 14.2 Å². The maximum absolute atomic E-state index is 12.8. The third kappa shape index (κ3) is 53.0. The zero-order valence-electron chi connectivity index (χ0n) is 44.1. The van der Waals surface area contributed by atoms with Gasteiger partial charge in [-0.25, -0.2) is 0 Å². The van der Waals surface area contributed by atoms with Gasteiger partial charge in [-0.15, -0.1) is 0 Å². The van der Waals surface area contributed by atoms with E-state index in [9.17, 15) is 14.4 Å². The summed E-state index contributed by atoms with van der Waals surface area (Å²) in [6, 6.07) is 0. The van der Waals surface area contributed by atoms with Crippen LogP contribution in [0.25, 0.3) is 0 Å². The summed E-state index contributed by atoms with van der Waals surface area (Å²) in [4.78, 5) is 38.1. The van der Waals surface area contributed by atoms with Gasteiger partial charge in [-0.3, -0.25) is 14.4 Å². The molecule has 0 aliphatic heterocycles. The van der Waals surface area contributed by atoms with E-state index in [1.165, 1.54) is 89.9 Å². The topological polar surface area (TPSA) is 78.9 Å². The van der Waals surface area contributed by atoms with Crippen LogP contribution in [0.4, 0.5) is 0 Å². The highest BCUT2D eigenvalue weighted by molar-refractivity contribution is 5.71. The Bertz CT molecular complexity index is 1410. The molecule has 0 bridgehead atoms. The first-order valence-electron chi connectivity index (χ1n) is 27.9. The molecule has 0 aromatic heterocycles. The van der Waals surface area contributed by atoms with Crippen molar-refractivity contribution in [3.8, 4) is 0 Å². The summed E-state index contributed by atoms with van der Waals surface area (Å²) >= 11 is 0. The lowest BCUT2D eigenvalue weighted by Gasteiger charge is -2.18. The Morgan fingerprint density at radius 3 is 1.00 bits per heavy atom. The molecule has 6 nitrogen and oxygen atoms in total. The third-order valence-electron chi connectivity index (χ3n) is 11.5. The Morgan fingerprint density at radius 2 is 0.618 bits per heavy atom. The maximum Gasteiger partial charge on any atom is 0.306 e. The van der Waals surface area contributed by atoms with Crippen LogP contribution in [-0.2, 0) is 28.6 Å². The molecule has 0 spiro atoms. The van der Waals surface area contributed by atoms with Crippen molar-refractivity contribution < 1.29 is 28.6 Å². The minimum atomic E-state index is -0.804. The second-order valence-electron chi connectivity index (χ2n) is 18.1. The Labute approximate surface area is 419 Å². The quantitative estimate of drug-likeness (QED) is 0.0199. The Hall–Kier alpha value is -3.93. The molecular formula is C62H102O6. The highest BCUT2D eigenvalue weighted by Gasteiger charge is 2.19. The monoisotopic (exact) mass is 943 g/mol. The minimum absolute atomic E-state index is 0.0993. The van der Waals surface area contributed by atoms with Crippen LogP contribution in [0.3, 0.4) is 0 Å². The number of ether oxygens (including phenoxy) is 3. The minimum Gasteiger partial charge on any atom is -0.462 e. The molecule has 0 aliphatic rings. The molecule has 1 unspecified atom stereocenters. The predicted octanol–water partition coefficient (Wildman–Crippen LogP) is 18.7. The first-order chi connectivity index (χ1) is 33.5. The molecule has 0 aromatic carbocycles. The van der Waals surface area contributed by atoms with E-state index >= 15 is 0 Å². The van der Waals surface area contributed by atoms with Crippen molar-refractivity contribution in [2.45, 2.75) is 252 Å². The molecule has 0 radical (unpaired) electrons. The first-order valence-corrected chi connectivity index (χ1v) is 27.9. The Morgan fingerprint density at radius 1 is 0.324 bits per heavy atom. The first kappa shape index (κ1) is 64.1. The number of carbonyl (C=O) groups excluding carboxylic acids is 3. The van der Waals surface area contributed by atoms with Crippen LogP contribution in [0.15, 0.2) is 109 Å². The molecule has 0 amide bonds. The second kappa shape index (κ2) is 55.7. The molecule has 0 saturated heterocycles. The number of esters is 3. The third-order valence-corrected chi connectivity index (χ3v) is 11.5. The van der Waals surface area contributed by atoms with Crippen LogP contribution in [0.2, 0.25) is 0 Å². The van der Waals surface area contributed by atoms with E-state index in [4.69, 9.17) is 14.2 Å². The zero-order valence-corrected chi connectivity index (χ0v) is 44.1. The molecule has 1 atom stereocenters. The van der Waals surface area contributed by atoms with Crippen LogP contribution in [-0.4, -0.2) is 37.2 Å². The fraction of sp³-hybridized carbons (Fsp3) is 0.661. The smallest absolute Gasteiger partial charge is 0.306 e. The van der Waals surface area contributed by atoms with E-state index in [1.807, 2.05) is 0 Å². The Balaban J connectivity index is 4.46. The molecule has 386 valence electrons. The van der Waals surface area contributed by atoms with Crippen LogP contribution < -0.4 is 0 Å². The standard InChI is InChI=1S/C62H102O6/c1-4-7-10-13-16-19-22-25-28-30-31-32-35-37-40-43-46-49-52-55-61(64)67-58-59(57-66-60(63)54-51-48-45-42-39-36-33-27-24-21-18-15-12-9-6-3)68-62(65)56-53-50-47-44-41-38-34-29-26-23-20-17-14-11-8-5-2/h7-8,10-11,16-21,24-29,38,41,59H,4-6,9,12-15,22-23,30-37,39-40,42-58H2,1-3H3/b10-7-,11-8-,19-16-,20-17-,21-18-,27-24-,28-25-,29-26-,41-38-. The van der Waals surface area contributed by atoms with Gasteiger partial charge in [-0.05, 0) is 116 Å². The second-order valence-corrected chi connectivity index (χ2v) is 18.1. The van der Waals surface area contributed by atoms with Gasteiger partial charge in [-0.1, -0.05) is 220 Å². The fourth-order valence-corrected chi connectivity index (χ4v) is 7.38. The molecule has 0 rings (SSSR count). The van der Waals surface area contributed by atoms with E-state index < -0.39 is 6.10 Å². The summed E-state index contributed by atoms with van der Waals surface area (Å²) in [7, 11) is 0. The van der Waals surface area contributed by atoms with Gasteiger partial charge in [0.25, 0.3) is 0 Å².